The highest BCUT2D eigenvalue weighted by atomic mass is 32.2. The highest BCUT2D eigenvalue weighted by Crippen LogP contribution is 2.27. The molecule has 0 radical (unpaired) electrons. The van der Waals surface area contributed by atoms with Crippen molar-refractivity contribution in [3.05, 3.63) is 47.3 Å². The van der Waals surface area contributed by atoms with Gasteiger partial charge in [0.2, 0.25) is 0 Å². The van der Waals surface area contributed by atoms with E-state index < -0.39 is 5.97 Å². The second kappa shape index (κ2) is 9.28. The Morgan fingerprint density at radius 1 is 1.25 bits per heavy atom. The third-order valence-electron chi connectivity index (χ3n) is 4.71. The number of nitrogens with zero attached hydrogens (tertiary/aromatic N) is 2. The Balaban J connectivity index is 1.57. The molecule has 150 valence electrons. The number of carbonyl (C=O) groups excluding carboxylic acids is 2. The van der Waals surface area contributed by atoms with Crippen LogP contribution in [0, 0.1) is 18.8 Å². The lowest BCUT2D eigenvalue weighted by atomic mass is 9.92. The summed E-state index contributed by atoms with van der Waals surface area (Å²) in [5, 5.41) is 3.97. The summed E-state index contributed by atoms with van der Waals surface area (Å²) in [6, 6.07) is 9.11. The monoisotopic (exact) mass is 402 g/mol. The highest BCUT2D eigenvalue weighted by molar-refractivity contribution is 7.98. The first-order valence-electron chi connectivity index (χ1n) is 9.51. The van der Waals surface area contributed by atoms with Gasteiger partial charge in [0.25, 0.3) is 5.91 Å². The lowest BCUT2D eigenvalue weighted by molar-refractivity contribution is -0.137. The van der Waals surface area contributed by atoms with Gasteiger partial charge in [0.1, 0.15) is 5.76 Å². The first-order valence-corrected chi connectivity index (χ1v) is 10.5. The Hall–Kier alpha value is -2.28. The summed E-state index contributed by atoms with van der Waals surface area (Å²) < 4.78 is 10.4. The molecular weight excluding hydrogens is 376 g/mol. The number of likely N-dealkylation sites (tertiary alicyclic amines) is 1. The predicted molar refractivity (Wildman–Crippen MR) is 107 cm³/mol. The summed E-state index contributed by atoms with van der Waals surface area (Å²) in [5.41, 5.74) is 1.27. The fourth-order valence-electron chi connectivity index (χ4n) is 3.56. The van der Waals surface area contributed by atoms with Gasteiger partial charge in [-0.1, -0.05) is 31.1 Å². The fraction of sp³-hybridized carbons (Fsp3) is 0.476. The van der Waals surface area contributed by atoms with Crippen molar-refractivity contribution in [3.63, 3.8) is 0 Å². The molecule has 0 spiro atoms. The summed E-state index contributed by atoms with van der Waals surface area (Å²) in [7, 11) is 0. The normalized spacial score (nSPS) is 19.5. The predicted octanol–water partition coefficient (Wildman–Crippen LogP) is 3.94. The van der Waals surface area contributed by atoms with Crippen LogP contribution in [0.25, 0.3) is 0 Å². The number of ether oxygens (including phenoxy) is 1. The minimum atomic E-state index is -0.481. The van der Waals surface area contributed by atoms with Crippen LogP contribution in [0.3, 0.4) is 0 Å². The van der Waals surface area contributed by atoms with Gasteiger partial charge in [0.15, 0.2) is 6.61 Å². The smallest absolute Gasteiger partial charge is 0.339 e. The molecule has 0 saturated carbocycles. The molecule has 2 aromatic rings. The molecule has 0 N–H and O–H groups in total. The molecule has 7 heteroatoms. The third-order valence-corrected chi connectivity index (χ3v) is 5.81. The zero-order valence-electron chi connectivity index (χ0n) is 16.5. The molecule has 1 aromatic carbocycles. The third kappa shape index (κ3) is 5.38. The molecule has 0 bridgehead atoms. The Morgan fingerprint density at radius 2 is 1.96 bits per heavy atom. The molecule has 2 heterocycles. The number of piperidine rings is 1. The number of benzene rings is 1. The average Bonchev–Trinajstić information content (AvgIpc) is 3.09. The number of aryl methyl sites for hydroxylation is 1. The molecule has 0 aliphatic carbocycles. The first kappa shape index (κ1) is 20.5. The Bertz CT molecular complexity index is 825. The number of thioether (sulfide) groups is 1. The maximum Gasteiger partial charge on any atom is 0.339 e. The molecule has 28 heavy (non-hydrogen) atoms. The van der Waals surface area contributed by atoms with Crippen molar-refractivity contribution < 1.29 is 18.8 Å². The van der Waals surface area contributed by atoms with Crippen LogP contribution in [0.1, 0.15) is 42.1 Å². The summed E-state index contributed by atoms with van der Waals surface area (Å²) in [6.07, 6.45) is 1.12. The van der Waals surface area contributed by atoms with Gasteiger partial charge in [-0.25, -0.2) is 4.79 Å². The molecule has 1 aromatic heterocycles. The lowest BCUT2D eigenvalue weighted by Gasteiger charge is -2.34. The minimum absolute atomic E-state index is 0.130. The maximum atomic E-state index is 12.6. The van der Waals surface area contributed by atoms with E-state index in [1.165, 1.54) is 11.8 Å². The Kier molecular flexibility index (Phi) is 6.78. The standard InChI is InChI=1S/C21H26N2O4S/c1-14-8-15(2)11-23(10-14)20(24)12-26-21(25)18-6-4-5-7-19(18)28-13-17-9-16(3)27-22-17/h4-7,9,14-15H,8,10-13H2,1-3H3/t14-,15-/m0/s1. The van der Waals surface area contributed by atoms with E-state index in [0.29, 0.717) is 23.2 Å². The van der Waals surface area contributed by atoms with Crippen LogP contribution in [-0.4, -0.2) is 41.6 Å². The van der Waals surface area contributed by atoms with Gasteiger partial charge in [-0.05, 0) is 37.3 Å². The van der Waals surface area contributed by atoms with E-state index >= 15 is 0 Å². The summed E-state index contributed by atoms with van der Waals surface area (Å²) in [4.78, 5) is 27.6. The zero-order valence-corrected chi connectivity index (χ0v) is 17.3. The molecule has 3 rings (SSSR count). The largest absolute Gasteiger partial charge is 0.452 e. The van der Waals surface area contributed by atoms with Crippen molar-refractivity contribution >= 4 is 23.6 Å². The summed E-state index contributed by atoms with van der Waals surface area (Å²) in [5.74, 6) is 1.68. The van der Waals surface area contributed by atoms with Crippen molar-refractivity contribution in [2.24, 2.45) is 11.8 Å². The number of hydrogen-bond donors (Lipinski definition) is 0. The molecule has 6 nitrogen and oxygen atoms in total. The first-order chi connectivity index (χ1) is 13.4. The van der Waals surface area contributed by atoms with Gasteiger partial charge < -0.3 is 14.2 Å². The van der Waals surface area contributed by atoms with Gasteiger partial charge in [-0.15, -0.1) is 11.8 Å². The van der Waals surface area contributed by atoms with Crippen LogP contribution in [-0.2, 0) is 15.3 Å². The van der Waals surface area contributed by atoms with Crippen LogP contribution >= 0.6 is 11.8 Å². The zero-order chi connectivity index (χ0) is 20.1. The van der Waals surface area contributed by atoms with Crippen molar-refractivity contribution in [3.8, 4) is 0 Å². The number of amides is 1. The van der Waals surface area contributed by atoms with Crippen molar-refractivity contribution in [1.29, 1.82) is 0 Å². The number of aromatic nitrogens is 1. The fourth-order valence-corrected chi connectivity index (χ4v) is 4.48. The number of carbonyl (C=O) groups is 2. The van der Waals surface area contributed by atoms with E-state index in [1.54, 1.807) is 17.0 Å². The topological polar surface area (TPSA) is 72.6 Å². The van der Waals surface area contributed by atoms with E-state index in [2.05, 4.69) is 19.0 Å². The molecule has 2 atom stereocenters. The van der Waals surface area contributed by atoms with Crippen LogP contribution < -0.4 is 0 Å². The van der Waals surface area contributed by atoms with Crippen LogP contribution in [0.4, 0.5) is 0 Å². The van der Waals surface area contributed by atoms with Gasteiger partial charge >= 0.3 is 5.97 Å². The van der Waals surface area contributed by atoms with E-state index in [4.69, 9.17) is 9.26 Å². The van der Waals surface area contributed by atoms with E-state index in [0.717, 1.165) is 35.9 Å². The molecule has 1 aliphatic rings. The second-order valence-corrected chi connectivity index (χ2v) is 8.55. The van der Waals surface area contributed by atoms with E-state index in [-0.39, 0.29) is 12.5 Å². The second-order valence-electron chi connectivity index (χ2n) is 7.53. The number of esters is 1. The van der Waals surface area contributed by atoms with Crippen molar-refractivity contribution in [2.45, 2.75) is 37.8 Å². The van der Waals surface area contributed by atoms with Gasteiger partial charge in [-0.2, -0.15) is 0 Å². The molecule has 1 amide bonds. The van der Waals surface area contributed by atoms with Gasteiger partial charge in [0, 0.05) is 29.8 Å². The van der Waals surface area contributed by atoms with Crippen LogP contribution in [0.15, 0.2) is 39.8 Å². The quantitative estimate of drug-likeness (QED) is 0.538. The van der Waals surface area contributed by atoms with Gasteiger partial charge in [-0.3, -0.25) is 4.79 Å². The van der Waals surface area contributed by atoms with Crippen LogP contribution in [0.5, 0.6) is 0 Å². The van der Waals surface area contributed by atoms with E-state index in [9.17, 15) is 9.59 Å². The summed E-state index contributed by atoms with van der Waals surface area (Å²) >= 11 is 1.49. The molecule has 1 fully saturated rings. The highest BCUT2D eigenvalue weighted by Gasteiger charge is 2.26. The molecular formula is C21H26N2O4S. The Morgan fingerprint density at radius 3 is 2.64 bits per heavy atom. The lowest BCUT2D eigenvalue weighted by Crippen LogP contribution is -2.44. The van der Waals surface area contributed by atoms with E-state index in [1.807, 2.05) is 25.1 Å². The average molecular weight is 403 g/mol. The van der Waals surface area contributed by atoms with Crippen molar-refractivity contribution in [2.75, 3.05) is 19.7 Å². The maximum absolute atomic E-state index is 12.6. The summed E-state index contributed by atoms with van der Waals surface area (Å²) in [6.45, 7) is 7.36. The number of hydrogen-bond acceptors (Lipinski definition) is 6. The minimum Gasteiger partial charge on any atom is -0.452 e. The molecule has 0 unspecified atom stereocenters. The van der Waals surface area contributed by atoms with Crippen LogP contribution in [0.2, 0.25) is 0 Å². The van der Waals surface area contributed by atoms with Crippen molar-refractivity contribution in [1.82, 2.24) is 10.1 Å². The SMILES string of the molecule is Cc1cc(CSc2ccccc2C(=O)OCC(=O)N2C[C@@H](C)C[C@H](C)C2)no1. The number of rotatable bonds is 6. The molecule has 1 aliphatic heterocycles. The molecule has 1 saturated heterocycles. The van der Waals surface area contributed by atoms with Gasteiger partial charge in [0.05, 0.1) is 11.3 Å². The Labute approximate surface area is 169 Å².